The molecular weight excluding hydrogens is 274 g/mol. The summed E-state index contributed by atoms with van der Waals surface area (Å²) < 4.78 is 0. The lowest BCUT2D eigenvalue weighted by molar-refractivity contribution is -0.384. The lowest BCUT2D eigenvalue weighted by Crippen LogP contribution is -2.16. The van der Waals surface area contributed by atoms with Gasteiger partial charge in [0, 0.05) is 18.8 Å². The Hall–Kier alpha value is -3.03. The van der Waals surface area contributed by atoms with Crippen LogP contribution in [0.2, 0.25) is 0 Å². The van der Waals surface area contributed by atoms with Crippen LogP contribution in [0.15, 0.2) is 36.5 Å². The van der Waals surface area contributed by atoms with Gasteiger partial charge in [0.25, 0.3) is 11.6 Å². The van der Waals surface area contributed by atoms with Crippen LogP contribution in [0.5, 0.6) is 0 Å². The highest BCUT2D eigenvalue weighted by Crippen LogP contribution is 2.28. The zero-order valence-corrected chi connectivity index (χ0v) is 11.2. The zero-order valence-electron chi connectivity index (χ0n) is 11.2. The first kappa shape index (κ1) is 14.4. The van der Waals surface area contributed by atoms with Crippen molar-refractivity contribution in [2.75, 3.05) is 17.2 Å². The van der Waals surface area contributed by atoms with Crippen LogP contribution < -0.4 is 10.6 Å². The molecule has 21 heavy (non-hydrogen) atoms. The Labute approximate surface area is 120 Å². The predicted molar refractivity (Wildman–Crippen MR) is 77.2 cm³/mol. The third-order valence-corrected chi connectivity index (χ3v) is 2.65. The fourth-order valence-electron chi connectivity index (χ4n) is 1.80. The number of carbonyl (C=O) groups is 1. The van der Waals surface area contributed by atoms with E-state index in [1.165, 1.54) is 24.4 Å². The standard InChI is InChI=1S/C13H13N5O3/c1-2-14-12-9(5-3-6-10(12)18(20)21)13(19)16-11-7-4-8-15-17-11/h3-8,14H,2H2,1H3,(H,16,17,19). The normalized spacial score (nSPS) is 9.95. The molecule has 0 saturated carbocycles. The van der Waals surface area contributed by atoms with Crippen LogP contribution in [0.4, 0.5) is 17.2 Å². The number of rotatable bonds is 5. The topological polar surface area (TPSA) is 110 Å². The Balaban J connectivity index is 2.36. The highest BCUT2D eigenvalue weighted by molar-refractivity contribution is 6.08. The third-order valence-electron chi connectivity index (χ3n) is 2.65. The summed E-state index contributed by atoms with van der Waals surface area (Å²) in [5.74, 6) is -0.216. The van der Waals surface area contributed by atoms with Crippen molar-refractivity contribution in [1.29, 1.82) is 0 Å². The van der Waals surface area contributed by atoms with Gasteiger partial charge in [-0.1, -0.05) is 6.07 Å². The second kappa shape index (κ2) is 6.42. The van der Waals surface area contributed by atoms with Crippen LogP contribution >= 0.6 is 0 Å². The number of carbonyl (C=O) groups excluding carboxylic acids is 1. The SMILES string of the molecule is CCNc1c(C(=O)Nc2cccnn2)cccc1[N+](=O)[O-]. The fourth-order valence-corrected chi connectivity index (χ4v) is 1.80. The summed E-state index contributed by atoms with van der Waals surface area (Å²) in [6.07, 6.45) is 1.48. The van der Waals surface area contributed by atoms with Gasteiger partial charge in [0.05, 0.1) is 10.5 Å². The molecule has 0 radical (unpaired) electrons. The maximum absolute atomic E-state index is 12.2. The lowest BCUT2D eigenvalue weighted by Gasteiger charge is -2.10. The van der Waals surface area contributed by atoms with Crippen LogP contribution in [-0.2, 0) is 0 Å². The van der Waals surface area contributed by atoms with E-state index < -0.39 is 10.8 Å². The van der Waals surface area contributed by atoms with Gasteiger partial charge in [-0.05, 0) is 25.1 Å². The first-order valence-electron chi connectivity index (χ1n) is 6.23. The quantitative estimate of drug-likeness (QED) is 0.643. The van der Waals surface area contributed by atoms with E-state index in [0.29, 0.717) is 6.54 Å². The second-order valence-corrected chi connectivity index (χ2v) is 4.05. The molecule has 0 bridgehead atoms. The highest BCUT2D eigenvalue weighted by atomic mass is 16.6. The average molecular weight is 287 g/mol. The number of anilines is 2. The molecule has 8 nitrogen and oxygen atoms in total. The van der Waals surface area contributed by atoms with E-state index in [9.17, 15) is 14.9 Å². The van der Waals surface area contributed by atoms with Gasteiger partial charge in [0.2, 0.25) is 0 Å². The number of aromatic nitrogens is 2. The largest absolute Gasteiger partial charge is 0.379 e. The van der Waals surface area contributed by atoms with Gasteiger partial charge < -0.3 is 10.6 Å². The van der Waals surface area contributed by atoms with Crippen molar-refractivity contribution < 1.29 is 9.72 Å². The maximum Gasteiger partial charge on any atom is 0.293 e. The third kappa shape index (κ3) is 3.30. The van der Waals surface area contributed by atoms with Crippen LogP contribution in [0.1, 0.15) is 17.3 Å². The van der Waals surface area contributed by atoms with E-state index in [-0.39, 0.29) is 22.8 Å². The van der Waals surface area contributed by atoms with Crippen LogP contribution in [-0.4, -0.2) is 27.6 Å². The van der Waals surface area contributed by atoms with E-state index in [1.807, 2.05) is 0 Å². The first-order chi connectivity index (χ1) is 10.1. The van der Waals surface area contributed by atoms with Crippen LogP contribution in [0, 0.1) is 10.1 Å². The minimum Gasteiger partial charge on any atom is -0.379 e. The smallest absolute Gasteiger partial charge is 0.293 e. The molecule has 108 valence electrons. The van der Waals surface area contributed by atoms with Crippen molar-refractivity contribution in [2.45, 2.75) is 6.92 Å². The number of para-hydroxylation sites is 1. The lowest BCUT2D eigenvalue weighted by atomic mass is 10.1. The summed E-state index contributed by atoms with van der Waals surface area (Å²) >= 11 is 0. The molecule has 0 unspecified atom stereocenters. The number of nitrogens with zero attached hydrogens (tertiary/aromatic N) is 3. The summed E-state index contributed by atoms with van der Waals surface area (Å²) in [5.41, 5.74) is 0.215. The molecular formula is C13H13N5O3. The van der Waals surface area contributed by atoms with Gasteiger partial charge in [-0.25, -0.2) is 0 Å². The predicted octanol–water partition coefficient (Wildman–Crippen LogP) is 2.07. The molecule has 0 saturated heterocycles. The molecule has 2 N–H and O–H groups in total. The average Bonchev–Trinajstić information content (AvgIpc) is 2.48. The number of amides is 1. The van der Waals surface area contributed by atoms with E-state index in [2.05, 4.69) is 20.8 Å². The molecule has 8 heteroatoms. The molecule has 1 aromatic carbocycles. The molecule has 1 amide bonds. The molecule has 0 aliphatic rings. The van der Waals surface area contributed by atoms with Crippen molar-refractivity contribution in [3.63, 3.8) is 0 Å². The molecule has 2 rings (SSSR count). The van der Waals surface area contributed by atoms with Crippen molar-refractivity contribution in [3.05, 3.63) is 52.2 Å². The molecule has 0 atom stereocenters. The zero-order chi connectivity index (χ0) is 15.2. The van der Waals surface area contributed by atoms with Gasteiger partial charge in [-0.2, -0.15) is 5.10 Å². The number of hydrogen-bond donors (Lipinski definition) is 2. The van der Waals surface area contributed by atoms with Crippen LogP contribution in [0.25, 0.3) is 0 Å². The first-order valence-corrected chi connectivity index (χ1v) is 6.23. The highest BCUT2D eigenvalue weighted by Gasteiger charge is 2.21. The molecule has 0 aliphatic heterocycles. The van der Waals surface area contributed by atoms with Gasteiger partial charge in [-0.3, -0.25) is 14.9 Å². The maximum atomic E-state index is 12.2. The minimum atomic E-state index is -0.531. The molecule has 0 aliphatic carbocycles. The minimum absolute atomic E-state index is 0.149. The number of benzene rings is 1. The molecule has 2 aromatic rings. The Kier molecular flexibility index (Phi) is 4.39. The second-order valence-electron chi connectivity index (χ2n) is 4.05. The molecule has 0 spiro atoms. The van der Waals surface area contributed by atoms with Gasteiger partial charge >= 0.3 is 0 Å². The number of nitro benzene ring substituents is 1. The van der Waals surface area contributed by atoms with E-state index in [4.69, 9.17) is 0 Å². The fraction of sp³-hybridized carbons (Fsp3) is 0.154. The number of nitro groups is 1. The summed E-state index contributed by atoms with van der Waals surface area (Å²) in [6, 6.07) is 7.52. The van der Waals surface area contributed by atoms with Crippen LogP contribution in [0.3, 0.4) is 0 Å². The molecule has 0 fully saturated rings. The Morgan fingerprint density at radius 2 is 2.14 bits per heavy atom. The summed E-state index contributed by atoms with van der Waals surface area (Å²) in [4.78, 5) is 22.8. The Morgan fingerprint density at radius 1 is 1.33 bits per heavy atom. The summed E-state index contributed by atoms with van der Waals surface area (Å²) in [7, 11) is 0. The van der Waals surface area contributed by atoms with E-state index in [0.717, 1.165) is 0 Å². The summed E-state index contributed by atoms with van der Waals surface area (Å²) in [5, 5.41) is 23.8. The number of nitrogens with one attached hydrogen (secondary N) is 2. The Bertz CT molecular complexity index is 660. The number of hydrogen-bond acceptors (Lipinski definition) is 6. The molecule has 1 heterocycles. The van der Waals surface area contributed by atoms with Gasteiger partial charge in [0.15, 0.2) is 5.82 Å². The van der Waals surface area contributed by atoms with Gasteiger partial charge in [0.1, 0.15) is 5.69 Å². The molecule has 1 aromatic heterocycles. The Morgan fingerprint density at radius 3 is 2.76 bits per heavy atom. The van der Waals surface area contributed by atoms with E-state index >= 15 is 0 Å². The monoisotopic (exact) mass is 287 g/mol. The van der Waals surface area contributed by atoms with Crippen molar-refractivity contribution >= 4 is 23.1 Å². The summed E-state index contributed by atoms with van der Waals surface area (Å²) in [6.45, 7) is 2.25. The van der Waals surface area contributed by atoms with Crippen molar-refractivity contribution in [2.24, 2.45) is 0 Å². The van der Waals surface area contributed by atoms with E-state index in [1.54, 1.807) is 19.1 Å². The van der Waals surface area contributed by atoms with Crippen molar-refractivity contribution in [1.82, 2.24) is 10.2 Å². The van der Waals surface area contributed by atoms with Crippen molar-refractivity contribution in [3.8, 4) is 0 Å². The van der Waals surface area contributed by atoms with Gasteiger partial charge in [-0.15, -0.1) is 5.10 Å².